The lowest BCUT2D eigenvalue weighted by Crippen LogP contribution is -2.28. The molecular weight excluding hydrogens is 428 g/mol. The molecule has 1 aromatic heterocycles. The molecule has 1 N–H and O–H groups in total. The average Bonchev–Trinajstić information content (AvgIpc) is 3.32. The van der Waals surface area contributed by atoms with Gasteiger partial charge in [-0.25, -0.2) is 4.79 Å². The molecule has 0 unspecified atom stereocenters. The number of fused-ring (bicyclic) bond motifs is 2. The van der Waals surface area contributed by atoms with Crippen molar-refractivity contribution in [2.75, 3.05) is 13.1 Å². The highest BCUT2D eigenvalue weighted by Gasteiger charge is 2.48. The molecule has 0 saturated carbocycles. The first-order chi connectivity index (χ1) is 15.4. The lowest BCUT2D eigenvalue weighted by molar-refractivity contribution is 0.00159. The molecule has 2 aliphatic rings. The Morgan fingerprint density at radius 1 is 1.09 bits per heavy atom. The standard InChI is InChI=1S/C25H21ClN2O4/c1-14-10-17(11-15(2)28-14)31-16-6-7-18(21(26)12-16)23(29)19-4-3-5-20-22(19)24(30)32-25(20)8-9-27-13-25/h3-7,10-12,27H,8-9,13H2,1-2H3/t25-/m0/s1. The highest BCUT2D eigenvalue weighted by atomic mass is 35.5. The van der Waals surface area contributed by atoms with Crippen LogP contribution in [-0.4, -0.2) is 29.8 Å². The van der Waals surface area contributed by atoms with E-state index < -0.39 is 11.6 Å². The number of aryl methyl sites for hydroxylation is 2. The molecule has 32 heavy (non-hydrogen) atoms. The lowest BCUT2D eigenvalue weighted by Gasteiger charge is -2.21. The van der Waals surface area contributed by atoms with E-state index in [2.05, 4.69) is 10.3 Å². The Balaban J connectivity index is 1.47. The van der Waals surface area contributed by atoms with E-state index in [1.165, 1.54) is 0 Å². The minimum absolute atomic E-state index is 0.246. The Morgan fingerprint density at radius 3 is 2.56 bits per heavy atom. The van der Waals surface area contributed by atoms with Crippen LogP contribution in [0.5, 0.6) is 11.5 Å². The Kier molecular flexibility index (Phi) is 4.99. The van der Waals surface area contributed by atoms with Gasteiger partial charge in [0.15, 0.2) is 11.4 Å². The second-order valence-electron chi connectivity index (χ2n) is 8.20. The van der Waals surface area contributed by atoms with Gasteiger partial charge < -0.3 is 14.8 Å². The number of hydrogen-bond donors (Lipinski definition) is 1. The summed E-state index contributed by atoms with van der Waals surface area (Å²) in [6, 6.07) is 13.9. The molecule has 2 aliphatic heterocycles. The number of nitrogens with zero attached hydrogens (tertiary/aromatic N) is 1. The predicted molar refractivity (Wildman–Crippen MR) is 120 cm³/mol. The van der Waals surface area contributed by atoms with Crippen molar-refractivity contribution in [3.05, 3.63) is 87.2 Å². The monoisotopic (exact) mass is 448 g/mol. The molecule has 3 aromatic rings. The minimum Gasteiger partial charge on any atom is -0.457 e. The van der Waals surface area contributed by atoms with Crippen LogP contribution in [0.2, 0.25) is 5.02 Å². The van der Waals surface area contributed by atoms with Crippen LogP contribution in [0.1, 0.15) is 49.7 Å². The van der Waals surface area contributed by atoms with Crippen LogP contribution in [0.4, 0.5) is 0 Å². The summed E-state index contributed by atoms with van der Waals surface area (Å²) in [6.07, 6.45) is 0.685. The van der Waals surface area contributed by atoms with Crippen molar-refractivity contribution >= 4 is 23.4 Å². The molecule has 5 rings (SSSR count). The third-order valence-electron chi connectivity index (χ3n) is 5.88. The van der Waals surface area contributed by atoms with E-state index in [9.17, 15) is 9.59 Å². The largest absolute Gasteiger partial charge is 0.457 e. The van der Waals surface area contributed by atoms with E-state index in [1.807, 2.05) is 32.0 Å². The number of pyridine rings is 1. The summed E-state index contributed by atoms with van der Waals surface area (Å²) < 4.78 is 11.6. The van der Waals surface area contributed by atoms with Gasteiger partial charge in [0, 0.05) is 59.2 Å². The molecule has 1 fully saturated rings. The topological polar surface area (TPSA) is 77.5 Å². The highest BCUT2D eigenvalue weighted by Crippen LogP contribution is 2.42. The number of halogens is 1. The first kappa shape index (κ1) is 20.7. The van der Waals surface area contributed by atoms with Gasteiger partial charge in [-0.15, -0.1) is 0 Å². The van der Waals surface area contributed by atoms with Crippen molar-refractivity contribution in [3.63, 3.8) is 0 Å². The Hall–Kier alpha value is -3.22. The third-order valence-corrected chi connectivity index (χ3v) is 6.20. The quantitative estimate of drug-likeness (QED) is 0.459. The van der Waals surface area contributed by atoms with Crippen LogP contribution in [0, 0.1) is 13.8 Å². The molecule has 1 saturated heterocycles. The van der Waals surface area contributed by atoms with Crippen LogP contribution in [0.15, 0.2) is 48.5 Å². The van der Waals surface area contributed by atoms with Gasteiger partial charge in [-0.1, -0.05) is 29.8 Å². The normalized spacial score (nSPS) is 19.2. The van der Waals surface area contributed by atoms with Crippen molar-refractivity contribution in [1.82, 2.24) is 10.3 Å². The zero-order chi connectivity index (χ0) is 22.5. The van der Waals surface area contributed by atoms with Gasteiger partial charge in [0.05, 0.1) is 10.6 Å². The van der Waals surface area contributed by atoms with Gasteiger partial charge in [0.25, 0.3) is 0 Å². The fourth-order valence-electron chi connectivity index (χ4n) is 4.49. The van der Waals surface area contributed by atoms with Gasteiger partial charge in [0.1, 0.15) is 11.5 Å². The second kappa shape index (κ2) is 7.73. The summed E-state index contributed by atoms with van der Waals surface area (Å²) in [5.41, 5.74) is 2.69. The van der Waals surface area contributed by atoms with Gasteiger partial charge in [-0.3, -0.25) is 9.78 Å². The fraction of sp³-hybridized carbons (Fsp3) is 0.240. The zero-order valence-corrected chi connectivity index (χ0v) is 18.5. The van der Waals surface area contributed by atoms with Crippen molar-refractivity contribution in [3.8, 4) is 11.5 Å². The van der Waals surface area contributed by atoms with Crippen LogP contribution in [0.3, 0.4) is 0 Å². The molecule has 2 aromatic carbocycles. The van der Waals surface area contributed by atoms with E-state index in [4.69, 9.17) is 21.1 Å². The molecule has 0 radical (unpaired) electrons. The maximum atomic E-state index is 13.4. The molecule has 162 valence electrons. The van der Waals surface area contributed by atoms with Crippen LogP contribution in [0.25, 0.3) is 0 Å². The van der Waals surface area contributed by atoms with Crippen molar-refractivity contribution in [1.29, 1.82) is 0 Å². The maximum absolute atomic E-state index is 13.4. The molecule has 0 bridgehead atoms. The number of ether oxygens (including phenoxy) is 2. The zero-order valence-electron chi connectivity index (χ0n) is 17.7. The van der Waals surface area contributed by atoms with Crippen LogP contribution >= 0.6 is 11.6 Å². The number of esters is 1. The fourth-order valence-corrected chi connectivity index (χ4v) is 4.75. The van der Waals surface area contributed by atoms with E-state index in [1.54, 1.807) is 30.3 Å². The van der Waals surface area contributed by atoms with Crippen LogP contribution in [-0.2, 0) is 10.3 Å². The smallest absolute Gasteiger partial charge is 0.340 e. The third kappa shape index (κ3) is 3.45. The first-order valence-corrected chi connectivity index (χ1v) is 10.8. The van der Waals surface area contributed by atoms with Gasteiger partial charge in [0.2, 0.25) is 0 Å². The van der Waals surface area contributed by atoms with Crippen molar-refractivity contribution < 1.29 is 19.1 Å². The molecule has 6 nitrogen and oxygen atoms in total. The summed E-state index contributed by atoms with van der Waals surface area (Å²) >= 11 is 6.47. The molecule has 1 spiro atoms. The number of ketones is 1. The number of carbonyl (C=O) groups is 2. The lowest BCUT2D eigenvalue weighted by atomic mass is 9.87. The van der Waals surface area contributed by atoms with Gasteiger partial charge in [-0.2, -0.15) is 0 Å². The summed E-state index contributed by atoms with van der Waals surface area (Å²) in [5.74, 6) is 0.357. The first-order valence-electron chi connectivity index (χ1n) is 10.4. The molecular formula is C25H21ClN2O4. The minimum atomic E-state index is -0.689. The molecule has 3 heterocycles. The van der Waals surface area contributed by atoms with E-state index >= 15 is 0 Å². The van der Waals surface area contributed by atoms with Gasteiger partial charge in [-0.05, 0) is 32.5 Å². The summed E-state index contributed by atoms with van der Waals surface area (Å²) in [5, 5.41) is 3.48. The maximum Gasteiger partial charge on any atom is 0.340 e. The van der Waals surface area contributed by atoms with Crippen molar-refractivity contribution in [2.24, 2.45) is 0 Å². The average molecular weight is 449 g/mol. The Labute approximate surface area is 190 Å². The number of hydrogen-bond acceptors (Lipinski definition) is 6. The number of aromatic nitrogens is 1. The Morgan fingerprint density at radius 2 is 1.88 bits per heavy atom. The van der Waals surface area contributed by atoms with Crippen molar-refractivity contribution in [2.45, 2.75) is 25.9 Å². The number of carbonyl (C=O) groups excluding carboxylic acids is 2. The van der Waals surface area contributed by atoms with Crippen LogP contribution < -0.4 is 10.1 Å². The molecule has 0 amide bonds. The summed E-state index contributed by atoms with van der Waals surface area (Å²) in [7, 11) is 0. The van der Waals surface area contributed by atoms with E-state index in [-0.39, 0.29) is 10.8 Å². The SMILES string of the molecule is Cc1cc(Oc2ccc(C(=O)c3cccc4c3C(=O)O[C@]43CCNC3)c(Cl)c2)cc(C)n1. The highest BCUT2D eigenvalue weighted by molar-refractivity contribution is 6.35. The van der Waals surface area contributed by atoms with E-state index in [0.29, 0.717) is 41.2 Å². The summed E-state index contributed by atoms with van der Waals surface area (Å²) in [6.45, 7) is 5.09. The van der Waals surface area contributed by atoms with E-state index in [0.717, 1.165) is 23.5 Å². The number of benzene rings is 2. The number of rotatable bonds is 4. The second-order valence-corrected chi connectivity index (χ2v) is 8.60. The van der Waals surface area contributed by atoms with Gasteiger partial charge >= 0.3 is 5.97 Å². The summed E-state index contributed by atoms with van der Waals surface area (Å²) in [4.78, 5) is 30.4. The predicted octanol–water partition coefficient (Wildman–Crippen LogP) is 4.73. The Bertz CT molecular complexity index is 1240. The number of nitrogens with one attached hydrogen (secondary N) is 1. The molecule has 0 aliphatic carbocycles. The molecule has 7 heteroatoms. The molecule has 1 atom stereocenters.